The van der Waals surface area contributed by atoms with Gasteiger partial charge in [0, 0.05) is 12.6 Å². The Labute approximate surface area is 263 Å². The standard InChI is InChI=1S/C27H53N9O9/c1-27(41)12-42-25(19(39)22(27)33-2)45-21-16(36-23(40)17(37)6-9-35-26(31)32)10-14(30)20(18(21)38)44-24-15(34-8-3-7-28)5-4-13(11-29)43-24/h4,14-22,24-25,33-34,37-39,41H,3,5-12,28-30H2,1-2H3,(H,36,40)(H4,31,32,35)/t14-,15+,16+,17-,18-,19+,20?,21-,22+,24+,25+,27-/m0/s1. The molecule has 45 heavy (non-hydrogen) atoms. The van der Waals surface area contributed by atoms with Gasteiger partial charge in [0.05, 0.1) is 31.3 Å². The third-order valence-corrected chi connectivity index (χ3v) is 8.29. The zero-order chi connectivity index (χ0) is 33.3. The molecule has 2 heterocycles. The number of hydrogen-bond donors (Lipinski definition) is 13. The fourth-order valence-electron chi connectivity index (χ4n) is 5.84. The van der Waals surface area contributed by atoms with Crippen LogP contribution in [-0.4, -0.2) is 145 Å². The molecule has 12 atom stereocenters. The molecule has 260 valence electrons. The minimum Gasteiger partial charge on any atom is -0.467 e. The van der Waals surface area contributed by atoms with Crippen molar-refractivity contribution < 1.29 is 44.2 Å². The topological polar surface area (TPSA) is 311 Å². The van der Waals surface area contributed by atoms with Gasteiger partial charge in [-0.1, -0.05) is 0 Å². The fourth-order valence-corrected chi connectivity index (χ4v) is 5.84. The van der Waals surface area contributed by atoms with E-state index in [2.05, 4.69) is 21.3 Å². The van der Waals surface area contributed by atoms with Crippen molar-refractivity contribution in [3.05, 3.63) is 11.8 Å². The van der Waals surface area contributed by atoms with E-state index in [1.807, 2.05) is 6.08 Å². The van der Waals surface area contributed by atoms with Crippen LogP contribution in [0.4, 0.5) is 0 Å². The summed E-state index contributed by atoms with van der Waals surface area (Å²) in [7, 11) is 1.57. The monoisotopic (exact) mass is 647 g/mol. The highest BCUT2D eigenvalue weighted by molar-refractivity contribution is 5.81. The third kappa shape index (κ3) is 9.90. The quantitative estimate of drug-likeness (QED) is 0.0448. The van der Waals surface area contributed by atoms with Gasteiger partial charge in [-0.15, -0.1) is 0 Å². The van der Waals surface area contributed by atoms with Gasteiger partial charge in [-0.3, -0.25) is 10.2 Å². The van der Waals surface area contributed by atoms with E-state index in [0.717, 1.165) is 6.42 Å². The van der Waals surface area contributed by atoms with E-state index in [1.165, 1.54) is 6.92 Å². The fraction of sp³-hybridized carbons (Fsp3) is 0.852. The summed E-state index contributed by atoms with van der Waals surface area (Å²) in [5, 5.41) is 62.5. The summed E-state index contributed by atoms with van der Waals surface area (Å²) < 4.78 is 24.1. The van der Waals surface area contributed by atoms with Crippen LogP contribution < -0.4 is 44.2 Å². The predicted octanol–water partition coefficient (Wildman–Crippen LogP) is -5.48. The number of ether oxygens (including phenoxy) is 4. The van der Waals surface area contributed by atoms with Gasteiger partial charge in [0.2, 0.25) is 12.2 Å². The number of nitrogens with two attached hydrogens (primary N) is 4. The second-order valence-electron chi connectivity index (χ2n) is 11.9. The molecule has 1 aliphatic carbocycles. The van der Waals surface area contributed by atoms with Crippen molar-refractivity contribution in [1.29, 1.82) is 5.41 Å². The summed E-state index contributed by atoms with van der Waals surface area (Å²) in [6.07, 6.45) is -5.67. The average Bonchev–Trinajstić information content (AvgIpc) is 2.98. The summed E-state index contributed by atoms with van der Waals surface area (Å²) in [5.74, 6) is -0.552. The smallest absolute Gasteiger partial charge is 0.249 e. The van der Waals surface area contributed by atoms with Crippen LogP contribution in [0.15, 0.2) is 11.8 Å². The molecule has 0 spiro atoms. The summed E-state index contributed by atoms with van der Waals surface area (Å²) in [6, 6.07) is -2.92. The minimum atomic E-state index is -1.47. The molecule has 18 heteroatoms. The second-order valence-corrected chi connectivity index (χ2v) is 11.9. The number of hydrogen-bond acceptors (Lipinski definition) is 15. The Morgan fingerprint density at radius 2 is 1.89 bits per heavy atom. The second kappa shape index (κ2) is 17.1. The maximum Gasteiger partial charge on any atom is 0.249 e. The normalized spacial score (nSPS) is 37.7. The molecule has 17 N–H and O–H groups in total. The van der Waals surface area contributed by atoms with E-state index in [0.29, 0.717) is 25.3 Å². The van der Waals surface area contributed by atoms with E-state index in [-0.39, 0.29) is 44.5 Å². The van der Waals surface area contributed by atoms with Crippen molar-refractivity contribution in [2.45, 2.75) is 105 Å². The van der Waals surface area contributed by atoms with Gasteiger partial charge >= 0.3 is 0 Å². The van der Waals surface area contributed by atoms with E-state index in [4.69, 9.17) is 47.3 Å². The lowest BCUT2D eigenvalue weighted by Gasteiger charge is -2.49. The lowest BCUT2D eigenvalue weighted by Crippen LogP contribution is -2.69. The largest absolute Gasteiger partial charge is 0.467 e. The van der Waals surface area contributed by atoms with Gasteiger partial charge in [-0.25, -0.2) is 0 Å². The molecule has 1 saturated carbocycles. The van der Waals surface area contributed by atoms with E-state index in [9.17, 15) is 25.2 Å². The first-order chi connectivity index (χ1) is 21.3. The van der Waals surface area contributed by atoms with Crippen molar-refractivity contribution >= 4 is 11.9 Å². The molecule has 3 rings (SSSR count). The maximum atomic E-state index is 13.0. The molecule has 1 unspecified atom stereocenters. The summed E-state index contributed by atoms with van der Waals surface area (Å²) in [6.45, 7) is 2.63. The Kier molecular flexibility index (Phi) is 14.2. The van der Waals surface area contributed by atoms with Gasteiger partial charge in [0.1, 0.15) is 41.9 Å². The van der Waals surface area contributed by atoms with Crippen molar-refractivity contribution in [3.63, 3.8) is 0 Å². The highest BCUT2D eigenvalue weighted by Crippen LogP contribution is 2.32. The highest BCUT2D eigenvalue weighted by Gasteiger charge is 2.52. The number of aliphatic hydroxyl groups is 4. The number of nitrogens with one attached hydrogen (secondary N) is 5. The lowest BCUT2D eigenvalue weighted by atomic mass is 9.83. The molecule has 0 aromatic rings. The van der Waals surface area contributed by atoms with Crippen LogP contribution in [0.5, 0.6) is 0 Å². The first-order valence-corrected chi connectivity index (χ1v) is 15.3. The zero-order valence-corrected chi connectivity index (χ0v) is 25.9. The Morgan fingerprint density at radius 1 is 1.18 bits per heavy atom. The van der Waals surface area contributed by atoms with E-state index < -0.39 is 72.7 Å². The van der Waals surface area contributed by atoms with Crippen LogP contribution in [-0.2, 0) is 23.7 Å². The zero-order valence-electron chi connectivity index (χ0n) is 25.9. The van der Waals surface area contributed by atoms with Crippen molar-refractivity contribution in [2.75, 3.05) is 39.8 Å². The highest BCUT2D eigenvalue weighted by atomic mass is 16.7. The molecule has 3 aliphatic rings. The number of carbonyl (C=O) groups excluding carboxylic acids is 1. The van der Waals surface area contributed by atoms with Gasteiger partial charge in [-0.2, -0.15) is 0 Å². The first-order valence-electron chi connectivity index (χ1n) is 15.3. The van der Waals surface area contributed by atoms with Crippen LogP contribution in [0.25, 0.3) is 0 Å². The summed E-state index contributed by atoms with van der Waals surface area (Å²) in [5.41, 5.74) is 21.8. The van der Waals surface area contributed by atoms with Crippen molar-refractivity contribution in [3.8, 4) is 0 Å². The van der Waals surface area contributed by atoms with Gasteiger partial charge in [-0.05, 0) is 58.8 Å². The molecule has 0 bridgehead atoms. The number of aliphatic hydroxyl groups excluding tert-OH is 3. The predicted molar refractivity (Wildman–Crippen MR) is 162 cm³/mol. The van der Waals surface area contributed by atoms with Crippen LogP contribution in [0.3, 0.4) is 0 Å². The molecular formula is C27H53N9O9. The van der Waals surface area contributed by atoms with Crippen molar-refractivity contribution in [2.24, 2.45) is 22.9 Å². The SMILES string of the molecule is CN[C@@H]1[C@@H](O)[C@@H](O[C@H]2[C@H](NC(=O)[C@@H](O)CCNC(=N)N)C[C@H](N)C(O[C@H]3OC(CN)=CC[C@H]3NCCCN)[C@@H]2O)OC[C@]1(C)O. The molecule has 1 saturated heterocycles. The molecular weight excluding hydrogens is 594 g/mol. The lowest BCUT2D eigenvalue weighted by molar-refractivity contribution is -0.304. The average molecular weight is 648 g/mol. The molecule has 2 aliphatic heterocycles. The Balaban J connectivity index is 1.82. The molecule has 2 fully saturated rings. The number of rotatable bonds is 15. The van der Waals surface area contributed by atoms with Crippen LogP contribution in [0, 0.1) is 5.41 Å². The van der Waals surface area contributed by atoms with Gasteiger partial charge < -0.3 is 83.6 Å². The molecule has 0 aromatic carbocycles. The Morgan fingerprint density at radius 3 is 2.53 bits per heavy atom. The van der Waals surface area contributed by atoms with Gasteiger partial charge in [0.15, 0.2) is 12.2 Å². The Bertz CT molecular complexity index is 993. The molecule has 0 aromatic heterocycles. The van der Waals surface area contributed by atoms with Gasteiger partial charge in [0.25, 0.3) is 0 Å². The van der Waals surface area contributed by atoms with Crippen molar-refractivity contribution in [1.82, 2.24) is 21.3 Å². The molecule has 0 radical (unpaired) electrons. The Hall–Kier alpha value is -2.20. The number of guanidine groups is 1. The first kappa shape index (κ1) is 37.3. The molecule has 1 amide bonds. The van der Waals surface area contributed by atoms with E-state index >= 15 is 0 Å². The molecule has 18 nitrogen and oxygen atoms in total. The summed E-state index contributed by atoms with van der Waals surface area (Å²) >= 11 is 0. The summed E-state index contributed by atoms with van der Waals surface area (Å²) in [4.78, 5) is 13.0. The number of amides is 1. The van der Waals surface area contributed by atoms with Crippen LogP contribution in [0.1, 0.15) is 32.6 Å². The minimum absolute atomic E-state index is 0.0457. The van der Waals surface area contributed by atoms with Crippen LogP contribution >= 0.6 is 0 Å². The van der Waals surface area contributed by atoms with E-state index in [1.54, 1.807) is 7.05 Å². The number of carbonyl (C=O) groups is 1. The third-order valence-electron chi connectivity index (χ3n) is 8.29. The van der Waals surface area contributed by atoms with Crippen LogP contribution in [0.2, 0.25) is 0 Å². The maximum absolute atomic E-state index is 13.0. The number of likely N-dealkylation sites (N-methyl/N-ethyl adjacent to an activating group) is 1.